The Kier molecular flexibility index (Phi) is 5.50. The number of rotatable bonds is 5. The average molecular weight is 456 g/mol. The van der Waals surface area contributed by atoms with E-state index in [9.17, 15) is 22.8 Å². The van der Waals surface area contributed by atoms with Gasteiger partial charge < -0.3 is 14.3 Å². The average Bonchev–Trinajstić information content (AvgIpc) is 3.33. The molecule has 1 N–H and O–H groups in total. The number of ether oxygens (including phenoxy) is 1. The number of halogens is 3. The number of hydrazone groups is 1. The van der Waals surface area contributed by atoms with Crippen LogP contribution in [0.3, 0.4) is 0 Å². The fraction of sp³-hybridized carbons (Fsp3) is 0.0870. The Morgan fingerprint density at radius 2 is 1.79 bits per heavy atom. The van der Waals surface area contributed by atoms with Gasteiger partial charge in [-0.1, -0.05) is 12.1 Å². The van der Waals surface area contributed by atoms with E-state index in [0.29, 0.717) is 11.4 Å². The van der Waals surface area contributed by atoms with Crippen molar-refractivity contribution < 1.29 is 37.0 Å². The molecule has 168 valence electrons. The van der Waals surface area contributed by atoms with Gasteiger partial charge in [-0.2, -0.15) is 10.1 Å². The topological polar surface area (TPSA) is 92.3 Å². The zero-order valence-corrected chi connectivity index (χ0v) is 17.0. The van der Waals surface area contributed by atoms with E-state index in [1.165, 1.54) is 60.7 Å². The summed E-state index contributed by atoms with van der Waals surface area (Å²) in [6.07, 6.45) is -3.42. The molecule has 1 aliphatic heterocycles. The molecule has 3 aromatic rings. The summed E-state index contributed by atoms with van der Waals surface area (Å²) in [4.78, 5) is 23.9. The molecule has 2 heterocycles. The number of hydrogen-bond acceptors (Lipinski definition) is 5. The van der Waals surface area contributed by atoms with Crippen molar-refractivity contribution in [1.82, 2.24) is 0 Å². The minimum absolute atomic E-state index is 0.0692. The van der Waals surface area contributed by atoms with E-state index in [1.54, 1.807) is 13.0 Å². The van der Waals surface area contributed by atoms with Crippen LogP contribution in [0.15, 0.2) is 75.8 Å². The maximum atomic E-state index is 12.9. The molecule has 0 spiro atoms. The Morgan fingerprint density at radius 1 is 1.09 bits per heavy atom. The van der Waals surface area contributed by atoms with Gasteiger partial charge in [0.2, 0.25) is 0 Å². The van der Waals surface area contributed by atoms with Crippen molar-refractivity contribution in [2.45, 2.75) is 13.3 Å². The van der Waals surface area contributed by atoms with Gasteiger partial charge in [0.15, 0.2) is 0 Å². The molecule has 7 nitrogen and oxygen atoms in total. The Bertz CT molecular complexity index is 1290. The third-order valence-electron chi connectivity index (χ3n) is 4.71. The monoisotopic (exact) mass is 456 g/mol. The number of aromatic carboxylic acids is 1. The highest BCUT2D eigenvalue weighted by Gasteiger charge is 2.33. The minimum Gasteiger partial charge on any atom is -0.478 e. The number of benzene rings is 2. The number of furan rings is 1. The second-order valence-electron chi connectivity index (χ2n) is 6.96. The Balaban J connectivity index is 1.60. The van der Waals surface area contributed by atoms with Gasteiger partial charge in [0.05, 0.1) is 28.1 Å². The van der Waals surface area contributed by atoms with E-state index in [2.05, 4.69) is 9.84 Å². The molecule has 33 heavy (non-hydrogen) atoms. The lowest BCUT2D eigenvalue weighted by Gasteiger charge is -2.12. The molecule has 0 unspecified atom stereocenters. The maximum absolute atomic E-state index is 12.9. The molecule has 0 saturated heterocycles. The molecule has 1 amide bonds. The SMILES string of the molecule is CC1=NN(c2ccc(C(=O)O)cc2)C(=O)C1=Cc1ccc(-c2ccccc2OC(F)(F)F)o1. The van der Waals surface area contributed by atoms with Gasteiger partial charge in [-0.05, 0) is 61.5 Å². The van der Waals surface area contributed by atoms with E-state index < -0.39 is 24.0 Å². The summed E-state index contributed by atoms with van der Waals surface area (Å²) in [5.41, 5.74) is 1.16. The van der Waals surface area contributed by atoms with Crippen molar-refractivity contribution in [3.63, 3.8) is 0 Å². The van der Waals surface area contributed by atoms with Gasteiger partial charge in [0, 0.05) is 0 Å². The summed E-state index contributed by atoms with van der Waals surface area (Å²) in [5, 5.41) is 14.3. The molecule has 2 aromatic carbocycles. The summed E-state index contributed by atoms with van der Waals surface area (Å²) in [6, 6.07) is 14.2. The summed E-state index contributed by atoms with van der Waals surface area (Å²) < 4.78 is 47.8. The van der Waals surface area contributed by atoms with Crippen molar-refractivity contribution in [3.8, 4) is 17.1 Å². The minimum atomic E-state index is -4.86. The lowest BCUT2D eigenvalue weighted by Crippen LogP contribution is -2.21. The predicted molar refractivity (Wildman–Crippen MR) is 113 cm³/mol. The zero-order valence-electron chi connectivity index (χ0n) is 17.0. The van der Waals surface area contributed by atoms with Crippen LogP contribution >= 0.6 is 0 Å². The molecular formula is C23H15F3N2O5. The molecule has 0 radical (unpaired) electrons. The van der Waals surface area contributed by atoms with Crippen LogP contribution in [0.5, 0.6) is 5.75 Å². The fourth-order valence-electron chi connectivity index (χ4n) is 3.21. The number of carboxylic acids is 1. The first-order chi connectivity index (χ1) is 15.6. The van der Waals surface area contributed by atoms with E-state index in [1.807, 2.05) is 0 Å². The van der Waals surface area contributed by atoms with Gasteiger partial charge in [-0.3, -0.25) is 4.79 Å². The largest absolute Gasteiger partial charge is 0.573 e. The van der Waals surface area contributed by atoms with Gasteiger partial charge in [0.25, 0.3) is 5.91 Å². The second kappa shape index (κ2) is 8.30. The molecule has 1 aromatic heterocycles. The van der Waals surface area contributed by atoms with Crippen molar-refractivity contribution >= 4 is 29.4 Å². The molecule has 0 atom stereocenters. The Morgan fingerprint density at radius 3 is 2.45 bits per heavy atom. The quantitative estimate of drug-likeness (QED) is 0.523. The van der Waals surface area contributed by atoms with E-state index in [0.717, 1.165) is 5.01 Å². The summed E-state index contributed by atoms with van der Waals surface area (Å²) in [5.74, 6) is -1.61. The van der Waals surface area contributed by atoms with E-state index >= 15 is 0 Å². The molecule has 10 heteroatoms. The third-order valence-corrected chi connectivity index (χ3v) is 4.71. The van der Waals surface area contributed by atoms with Gasteiger partial charge in [-0.15, -0.1) is 13.2 Å². The first-order valence-corrected chi connectivity index (χ1v) is 9.52. The normalized spacial score (nSPS) is 15.2. The molecule has 0 fully saturated rings. The van der Waals surface area contributed by atoms with E-state index in [4.69, 9.17) is 9.52 Å². The fourth-order valence-corrected chi connectivity index (χ4v) is 3.21. The molecule has 0 aliphatic carbocycles. The molecule has 0 bridgehead atoms. The number of carboxylic acid groups (broad SMARTS) is 1. The van der Waals surface area contributed by atoms with Crippen LogP contribution in [0.2, 0.25) is 0 Å². The van der Waals surface area contributed by atoms with Crippen LogP contribution in [0.4, 0.5) is 18.9 Å². The summed E-state index contributed by atoms with van der Waals surface area (Å²) in [6.45, 7) is 1.62. The van der Waals surface area contributed by atoms with Crippen molar-refractivity contribution in [2.75, 3.05) is 5.01 Å². The summed E-state index contributed by atoms with van der Waals surface area (Å²) >= 11 is 0. The number of carbonyl (C=O) groups excluding carboxylic acids is 1. The Hall–Kier alpha value is -4.34. The number of anilines is 1. The highest BCUT2D eigenvalue weighted by Crippen LogP contribution is 2.35. The highest BCUT2D eigenvalue weighted by atomic mass is 19.4. The lowest BCUT2D eigenvalue weighted by molar-refractivity contribution is -0.274. The van der Waals surface area contributed by atoms with Crippen LogP contribution in [0, 0.1) is 0 Å². The number of alkyl halides is 3. The molecular weight excluding hydrogens is 441 g/mol. The Labute approximate surface area is 185 Å². The zero-order chi connectivity index (χ0) is 23.8. The third kappa shape index (κ3) is 4.64. The first-order valence-electron chi connectivity index (χ1n) is 9.52. The smallest absolute Gasteiger partial charge is 0.478 e. The summed E-state index contributed by atoms with van der Waals surface area (Å²) in [7, 11) is 0. The van der Waals surface area contributed by atoms with Crippen molar-refractivity contribution in [1.29, 1.82) is 0 Å². The van der Waals surface area contributed by atoms with Crippen LogP contribution in [-0.2, 0) is 4.79 Å². The standard InChI is InChI=1S/C23H15F3N2O5/c1-13-18(21(29)28(27-13)15-8-6-14(7-9-15)22(30)31)12-16-10-11-19(32-16)17-4-2-3-5-20(17)33-23(24,25)26/h2-12H,1H3,(H,30,31). The molecule has 0 saturated carbocycles. The van der Waals surface area contributed by atoms with Crippen LogP contribution in [0.1, 0.15) is 23.0 Å². The second-order valence-corrected chi connectivity index (χ2v) is 6.96. The van der Waals surface area contributed by atoms with Crippen LogP contribution in [-0.4, -0.2) is 29.1 Å². The number of amides is 1. The number of para-hydroxylation sites is 1. The number of carbonyl (C=O) groups is 2. The predicted octanol–water partition coefficient (Wildman–Crippen LogP) is 5.35. The molecule has 4 rings (SSSR count). The number of hydrogen-bond donors (Lipinski definition) is 1. The van der Waals surface area contributed by atoms with Crippen LogP contribution < -0.4 is 9.75 Å². The van der Waals surface area contributed by atoms with Gasteiger partial charge in [0.1, 0.15) is 17.3 Å². The number of nitrogens with zero attached hydrogens (tertiary/aromatic N) is 2. The highest BCUT2D eigenvalue weighted by molar-refractivity contribution is 6.32. The lowest BCUT2D eigenvalue weighted by atomic mass is 10.1. The van der Waals surface area contributed by atoms with Crippen LogP contribution in [0.25, 0.3) is 17.4 Å². The van der Waals surface area contributed by atoms with Crippen molar-refractivity contribution in [2.24, 2.45) is 5.10 Å². The maximum Gasteiger partial charge on any atom is 0.573 e. The molecule has 1 aliphatic rings. The van der Waals surface area contributed by atoms with Gasteiger partial charge in [-0.25, -0.2) is 4.79 Å². The first kappa shape index (κ1) is 21.9. The van der Waals surface area contributed by atoms with Crippen molar-refractivity contribution in [3.05, 3.63) is 77.6 Å². The van der Waals surface area contributed by atoms with E-state index in [-0.39, 0.29) is 28.2 Å². The van der Waals surface area contributed by atoms with Gasteiger partial charge >= 0.3 is 12.3 Å².